The third kappa shape index (κ3) is 5.64. The lowest BCUT2D eigenvalue weighted by Gasteiger charge is -2.23. The van der Waals surface area contributed by atoms with Gasteiger partial charge in [0.25, 0.3) is 0 Å². The summed E-state index contributed by atoms with van der Waals surface area (Å²) in [6.07, 6.45) is 0. The number of hydrogen-bond donors (Lipinski definition) is 1. The smallest absolute Gasteiger partial charge is 0.194 e. The van der Waals surface area contributed by atoms with Crippen molar-refractivity contribution in [1.82, 2.24) is 15.4 Å². The van der Waals surface area contributed by atoms with Crippen molar-refractivity contribution in [2.75, 3.05) is 27.8 Å². The fourth-order valence-corrected chi connectivity index (χ4v) is 2.61. The second kappa shape index (κ2) is 9.85. The van der Waals surface area contributed by atoms with Gasteiger partial charge in [-0.15, -0.1) is 0 Å². The van der Waals surface area contributed by atoms with Gasteiger partial charge in [0.2, 0.25) is 0 Å². The Bertz CT molecular complexity index is 755. The highest BCUT2D eigenvalue weighted by Crippen LogP contribution is 2.25. The molecule has 0 spiro atoms. The van der Waals surface area contributed by atoms with E-state index in [9.17, 15) is 0 Å². The molecule has 1 N–H and O–H groups in total. The molecule has 2 rings (SSSR count). The lowest BCUT2D eigenvalue weighted by atomic mass is 10.1. The Kier molecular flexibility index (Phi) is 7.52. The van der Waals surface area contributed by atoms with Crippen LogP contribution in [-0.4, -0.2) is 43.8 Å². The minimum atomic E-state index is 0.338. The van der Waals surface area contributed by atoms with Crippen LogP contribution in [0.15, 0.2) is 33.8 Å². The maximum Gasteiger partial charge on any atom is 0.194 e. The quantitative estimate of drug-likeness (QED) is 0.564. The first-order valence-corrected chi connectivity index (χ1v) is 9.14. The number of nitrogens with one attached hydrogen (secondary N) is 1. The summed E-state index contributed by atoms with van der Waals surface area (Å²) >= 11 is 0. The van der Waals surface area contributed by atoms with Gasteiger partial charge in [-0.3, -0.25) is 0 Å². The number of ether oxygens (including phenoxy) is 2. The van der Waals surface area contributed by atoms with Crippen molar-refractivity contribution in [2.45, 2.75) is 39.8 Å². The molecule has 7 nitrogen and oxygen atoms in total. The molecule has 0 unspecified atom stereocenters. The first kappa shape index (κ1) is 20.6. The summed E-state index contributed by atoms with van der Waals surface area (Å²) in [4.78, 5) is 6.72. The van der Waals surface area contributed by atoms with Gasteiger partial charge in [-0.25, -0.2) is 4.99 Å². The van der Waals surface area contributed by atoms with Gasteiger partial charge < -0.3 is 24.2 Å². The van der Waals surface area contributed by atoms with Crippen LogP contribution in [0.25, 0.3) is 0 Å². The molecule has 27 heavy (non-hydrogen) atoms. The Morgan fingerprint density at radius 1 is 1.26 bits per heavy atom. The van der Waals surface area contributed by atoms with Crippen LogP contribution in [0.3, 0.4) is 0 Å². The lowest BCUT2D eigenvalue weighted by Crippen LogP contribution is -2.38. The van der Waals surface area contributed by atoms with E-state index in [1.165, 1.54) is 0 Å². The second-order valence-electron chi connectivity index (χ2n) is 6.58. The summed E-state index contributed by atoms with van der Waals surface area (Å²) in [6, 6.07) is 7.78. The summed E-state index contributed by atoms with van der Waals surface area (Å²) in [5.41, 5.74) is 2.00. The Morgan fingerprint density at radius 2 is 2.04 bits per heavy atom. The Labute approximate surface area is 161 Å². The van der Waals surface area contributed by atoms with Crippen molar-refractivity contribution in [1.29, 1.82) is 0 Å². The van der Waals surface area contributed by atoms with E-state index in [-0.39, 0.29) is 0 Å². The van der Waals surface area contributed by atoms with Crippen molar-refractivity contribution in [2.24, 2.45) is 4.99 Å². The summed E-state index contributed by atoms with van der Waals surface area (Å²) in [7, 11) is 5.30. The fourth-order valence-electron chi connectivity index (χ4n) is 2.61. The minimum Gasteiger partial charge on any atom is -0.497 e. The van der Waals surface area contributed by atoms with Crippen molar-refractivity contribution < 1.29 is 14.0 Å². The molecule has 2 aromatic rings. The number of benzene rings is 1. The highest BCUT2D eigenvalue weighted by Gasteiger charge is 2.12. The zero-order valence-electron chi connectivity index (χ0n) is 17.1. The predicted molar refractivity (Wildman–Crippen MR) is 106 cm³/mol. The van der Waals surface area contributed by atoms with E-state index >= 15 is 0 Å². The van der Waals surface area contributed by atoms with Gasteiger partial charge >= 0.3 is 0 Å². The molecule has 1 aromatic carbocycles. The van der Waals surface area contributed by atoms with E-state index < -0.39 is 0 Å². The van der Waals surface area contributed by atoms with E-state index in [2.05, 4.69) is 29.3 Å². The third-order valence-corrected chi connectivity index (χ3v) is 4.15. The van der Waals surface area contributed by atoms with Gasteiger partial charge in [-0.1, -0.05) is 19.0 Å². The average Bonchev–Trinajstić information content (AvgIpc) is 3.14. The van der Waals surface area contributed by atoms with Gasteiger partial charge in [-0.2, -0.15) is 0 Å². The van der Waals surface area contributed by atoms with Crippen LogP contribution in [0.2, 0.25) is 0 Å². The zero-order valence-corrected chi connectivity index (χ0v) is 17.1. The maximum absolute atomic E-state index is 5.49. The molecule has 1 aromatic heterocycles. The van der Waals surface area contributed by atoms with Crippen molar-refractivity contribution in [3.05, 3.63) is 41.3 Å². The first-order valence-electron chi connectivity index (χ1n) is 9.14. The summed E-state index contributed by atoms with van der Waals surface area (Å²) in [5, 5.41) is 7.40. The predicted octanol–water partition coefficient (Wildman–Crippen LogP) is 3.41. The highest BCUT2D eigenvalue weighted by atomic mass is 16.5. The molecule has 0 atom stereocenters. The Hall–Kier alpha value is -2.70. The third-order valence-electron chi connectivity index (χ3n) is 4.15. The number of aliphatic imine (C=N–C) groups is 1. The molecule has 0 fully saturated rings. The topological polar surface area (TPSA) is 72.1 Å². The lowest BCUT2D eigenvalue weighted by molar-refractivity contribution is 0.373. The average molecular weight is 374 g/mol. The molecule has 0 amide bonds. The molecule has 0 aliphatic rings. The van der Waals surface area contributed by atoms with Crippen molar-refractivity contribution in [3.8, 4) is 11.5 Å². The van der Waals surface area contributed by atoms with Crippen LogP contribution >= 0.6 is 0 Å². The van der Waals surface area contributed by atoms with Gasteiger partial charge in [0.05, 0.1) is 19.9 Å². The number of nitrogens with zero attached hydrogens (tertiary/aromatic N) is 3. The summed E-state index contributed by atoms with van der Waals surface area (Å²) < 4.78 is 16.1. The molecule has 0 saturated carbocycles. The zero-order chi connectivity index (χ0) is 19.8. The number of aromatic nitrogens is 1. The van der Waals surface area contributed by atoms with Crippen LogP contribution in [0.4, 0.5) is 0 Å². The van der Waals surface area contributed by atoms with Crippen LogP contribution < -0.4 is 14.8 Å². The minimum absolute atomic E-state index is 0.338. The van der Waals surface area contributed by atoms with Crippen LogP contribution in [-0.2, 0) is 13.1 Å². The molecule has 0 aliphatic heterocycles. The first-order chi connectivity index (χ1) is 13.0. The summed E-state index contributed by atoms with van der Waals surface area (Å²) in [5.74, 6) is 3.44. The number of rotatable bonds is 8. The molecule has 0 aliphatic carbocycles. The fraction of sp³-hybridized carbons (Fsp3) is 0.500. The van der Waals surface area contributed by atoms with Gasteiger partial charge in [0, 0.05) is 37.8 Å². The molecule has 148 valence electrons. The van der Waals surface area contributed by atoms with Crippen LogP contribution in [0, 0.1) is 0 Å². The molecule has 1 heterocycles. The standard InChI is InChI=1S/C20H30N4O3/c1-7-21-20(22-12-17-10-18(14(2)3)23-27-17)24(4)13-15-8-9-16(25-5)11-19(15)26-6/h8-11,14H,7,12-13H2,1-6H3,(H,21,22). The maximum atomic E-state index is 5.49. The monoisotopic (exact) mass is 374 g/mol. The molecule has 0 radical (unpaired) electrons. The van der Waals surface area contributed by atoms with Crippen molar-refractivity contribution in [3.63, 3.8) is 0 Å². The number of hydrogen-bond acceptors (Lipinski definition) is 5. The molecular formula is C20H30N4O3. The van der Waals surface area contributed by atoms with E-state index in [0.717, 1.165) is 41.0 Å². The molecular weight excluding hydrogens is 344 g/mol. The van der Waals surface area contributed by atoms with E-state index in [1.807, 2.05) is 43.1 Å². The van der Waals surface area contributed by atoms with Crippen molar-refractivity contribution >= 4 is 5.96 Å². The second-order valence-corrected chi connectivity index (χ2v) is 6.58. The SMILES string of the molecule is CCNC(=NCc1cc(C(C)C)no1)N(C)Cc1ccc(OC)cc1OC. The van der Waals surface area contributed by atoms with E-state index in [4.69, 9.17) is 14.0 Å². The molecule has 0 saturated heterocycles. The largest absolute Gasteiger partial charge is 0.497 e. The Morgan fingerprint density at radius 3 is 2.63 bits per heavy atom. The van der Waals surface area contributed by atoms with Crippen LogP contribution in [0.5, 0.6) is 11.5 Å². The Balaban J connectivity index is 2.12. The summed E-state index contributed by atoms with van der Waals surface area (Å²) in [6.45, 7) is 8.08. The molecule has 7 heteroatoms. The van der Waals surface area contributed by atoms with E-state index in [0.29, 0.717) is 19.0 Å². The van der Waals surface area contributed by atoms with Gasteiger partial charge in [0.15, 0.2) is 11.7 Å². The highest BCUT2D eigenvalue weighted by molar-refractivity contribution is 5.79. The van der Waals surface area contributed by atoms with Crippen LogP contribution in [0.1, 0.15) is 43.7 Å². The normalized spacial score (nSPS) is 11.6. The van der Waals surface area contributed by atoms with Gasteiger partial charge in [0.1, 0.15) is 18.0 Å². The van der Waals surface area contributed by atoms with E-state index in [1.54, 1.807) is 14.2 Å². The number of methoxy groups -OCH3 is 2. The van der Waals surface area contributed by atoms with Gasteiger partial charge in [-0.05, 0) is 25.0 Å². The number of guanidine groups is 1. The molecule has 0 bridgehead atoms.